The molecule has 2 N–H and O–H groups in total. The number of hydrogen-bond donors (Lipinski definition) is 2. The quantitative estimate of drug-likeness (QED) is 0.659. The fraction of sp³-hybridized carbons (Fsp3) is 0.391. The molecule has 7 heteroatoms. The van der Waals surface area contributed by atoms with Crippen LogP contribution in [0.1, 0.15) is 36.8 Å². The van der Waals surface area contributed by atoms with Crippen molar-refractivity contribution >= 4 is 11.8 Å². The summed E-state index contributed by atoms with van der Waals surface area (Å²) in [5.41, 5.74) is 0.361. The van der Waals surface area contributed by atoms with Crippen LogP contribution in [0.2, 0.25) is 0 Å². The van der Waals surface area contributed by atoms with Crippen LogP contribution < -0.4 is 15.4 Å². The van der Waals surface area contributed by atoms with Crippen LogP contribution in [0.4, 0.5) is 8.78 Å². The average Bonchev–Trinajstić information content (AvgIpc) is 3.10. The molecule has 2 aromatic carbocycles. The zero-order chi connectivity index (χ0) is 21.6. The number of methoxy groups -OCH3 is 1. The van der Waals surface area contributed by atoms with Gasteiger partial charge in [0, 0.05) is 31.0 Å². The minimum absolute atomic E-state index is 0.0936. The smallest absolute Gasteiger partial charge is 0.220 e. The maximum absolute atomic E-state index is 14.4. The number of nitrogens with one attached hydrogen (secondary N) is 2. The third-order valence-corrected chi connectivity index (χ3v) is 5.53. The van der Waals surface area contributed by atoms with Gasteiger partial charge in [0.15, 0.2) is 0 Å². The first-order valence-corrected chi connectivity index (χ1v) is 10.0. The highest BCUT2D eigenvalue weighted by Crippen LogP contribution is 2.31. The summed E-state index contributed by atoms with van der Waals surface area (Å²) in [7, 11) is 1.47. The van der Waals surface area contributed by atoms with Crippen molar-refractivity contribution < 1.29 is 23.1 Å². The summed E-state index contributed by atoms with van der Waals surface area (Å²) in [5.74, 6) is -0.536. The lowest BCUT2D eigenvalue weighted by Gasteiger charge is -2.29. The van der Waals surface area contributed by atoms with Gasteiger partial charge in [-0.25, -0.2) is 8.78 Å². The lowest BCUT2D eigenvalue weighted by Crippen LogP contribution is -2.44. The Balaban J connectivity index is 1.56. The first-order chi connectivity index (χ1) is 14.4. The molecule has 5 nitrogen and oxygen atoms in total. The zero-order valence-electron chi connectivity index (χ0n) is 17.0. The van der Waals surface area contributed by atoms with Gasteiger partial charge in [0.1, 0.15) is 17.4 Å². The van der Waals surface area contributed by atoms with Crippen LogP contribution >= 0.6 is 0 Å². The van der Waals surface area contributed by atoms with E-state index in [1.54, 1.807) is 30.3 Å². The maximum Gasteiger partial charge on any atom is 0.220 e. The van der Waals surface area contributed by atoms with Crippen molar-refractivity contribution in [1.29, 1.82) is 0 Å². The minimum Gasteiger partial charge on any atom is -0.497 e. The van der Waals surface area contributed by atoms with E-state index < -0.39 is 11.4 Å². The van der Waals surface area contributed by atoms with E-state index in [1.165, 1.54) is 19.2 Å². The van der Waals surface area contributed by atoms with E-state index in [1.807, 2.05) is 0 Å². The first-order valence-electron chi connectivity index (χ1n) is 10.0. The molecule has 1 atom stereocenters. The Hall–Kier alpha value is -2.96. The molecule has 1 aliphatic heterocycles. The average molecular weight is 416 g/mol. The highest BCUT2D eigenvalue weighted by Gasteiger charge is 2.38. The van der Waals surface area contributed by atoms with Crippen molar-refractivity contribution in [2.75, 3.05) is 13.7 Å². The van der Waals surface area contributed by atoms with Crippen molar-refractivity contribution in [3.63, 3.8) is 0 Å². The standard InChI is InChI=1S/C23H26F2N2O3/c1-30-18-7-6-17(20(25)14-18)15-23(12-9-22(29)27-23)11-8-21(28)26-13-10-16-4-2-3-5-19(16)24/h2-7,14H,8-13,15H2,1H3,(H,26,28)(H,27,29)/t23-/m0/s1. The monoisotopic (exact) mass is 416 g/mol. The number of hydrogen-bond acceptors (Lipinski definition) is 3. The molecule has 160 valence electrons. The molecule has 1 aliphatic rings. The number of halogens is 2. The van der Waals surface area contributed by atoms with Crippen LogP contribution in [-0.2, 0) is 22.4 Å². The van der Waals surface area contributed by atoms with Crippen LogP contribution in [0.5, 0.6) is 5.75 Å². The van der Waals surface area contributed by atoms with Crippen molar-refractivity contribution in [3.8, 4) is 5.75 Å². The van der Waals surface area contributed by atoms with Crippen LogP contribution in [0.15, 0.2) is 42.5 Å². The van der Waals surface area contributed by atoms with Gasteiger partial charge in [-0.15, -0.1) is 0 Å². The molecule has 0 radical (unpaired) electrons. The number of rotatable bonds is 9. The highest BCUT2D eigenvalue weighted by atomic mass is 19.1. The van der Waals surface area contributed by atoms with E-state index >= 15 is 0 Å². The van der Waals surface area contributed by atoms with Gasteiger partial charge >= 0.3 is 0 Å². The fourth-order valence-electron chi connectivity index (χ4n) is 3.82. The lowest BCUT2D eigenvalue weighted by molar-refractivity contribution is -0.122. The molecule has 2 amide bonds. The Labute approximate surface area is 174 Å². The van der Waals surface area contributed by atoms with E-state index in [9.17, 15) is 18.4 Å². The predicted molar refractivity (Wildman–Crippen MR) is 109 cm³/mol. The molecule has 0 saturated carbocycles. The fourth-order valence-corrected chi connectivity index (χ4v) is 3.82. The summed E-state index contributed by atoms with van der Waals surface area (Å²) in [6.45, 7) is 0.326. The van der Waals surface area contributed by atoms with Crippen LogP contribution in [0.25, 0.3) is 0 Å². The summed E-state index contributed by atoms with van der Waals surface area (Å²) < 4.78 is 33.1. The normalized spacial score (nSPS) is 18.2. The Morgan fingerprint density at radius 2 is 1.97 bits per heavy atom. The second kappa shape index (κ2) is 9.69. The number of amides is 2. The van der Waals surface area contributed by atoms with Gasteiger partial charge in [0.05, 0.1) is 7.11 Å². The molecule has 1 fully saturated rings. The topological polar surface area (TPSA) is 67.4 Å². The van der Waals surface area contributed by atoms with Crippen molar-refractivity contribution in [2.45, 2.75) is 44.1 Å². The number of ether oxygens (including phenoxy) is 1. The van der Waals surface area contributed by atoms with Crippen molar-refractivity contribution in [1.82, 2.24) is 10.6 Å². The Morgan fingerprint density at radius 3 is 2.63 bits per heavy atom. The summed E-state index contributed by atoms with van der Waals surface area (Å²) in [6.07, 6.45) is 2.19. The maximum atomic E-state index is 14.4. The zero-order valence-corrected chi connectivity index (χ0v) is 17.0. The van der Waals surface area contributed by atoms with Gasteiger partial charge < -0.3 is 15.4 Å². The van der Waals surface area contributed by atoms with Crippen molar-refractivity contribution in [2.24, 2.45) is 0 Å². The molecule has 0 aromatic heterocycles. The molecule has 0 spiro atoms. The van der Waals surface area contributed by atoms with Gasteiger partial charge in [-0.2, -0.15) is 0 Å². The predicted octanol–water partition coefficient (Wildman–Crippen LogP) is 3.30. The molecule has 1 heterocycles. The summed E-state index contributed by atoms with van der Waals surface area (Å²) >= 11 is 0. The lowest BCUT2D eigenvalue weighted by atomic mass is 9.84. The number of carbonyl (C=O) groups excluding carboxylic acids is 2. The molecular weight excluding hydrogens is 390 g/mol. The molecule has 0 bridgehead atoms. The molecule has 0 unspecified atom stereocenters. The van der Waals surface area contributed by atoms with E-state index in [0.717, 1.165) is 0 Å². The van der Waals surface area contributed by atoms with Crippen LogP contribution in [-0.4, -0.2) is 31.0 Å². The second-order valence-corrected chi connectivity index (χ2v) is 7.65. The molecule has 30 heavy (non-hydrogen) atoms. The summed E-state index contributed by atoms with van der Waals surface area (Å²) in [6, 6.07) is 11.1. The van der Waals surface area contributed by atoms with E-state index in [0.29, 0.717) is 55.5 Å². The second-order valence-electron chi connectivity index (χ2n) is 7.65. The molecule has 3 rings (SSSR count). The van der Waals surface area contributed by atoms with Crippen LogP contribution in [0.3, 0.4) is 0 Å². The highest BCUT2D eigenvalue weighted by molar-refractivity contribution is 5.80. The largest absolute Gasteiger partial charge is 0.497 e. The Kier molecular flexibility index (Phi) is 7.03. The van der Waals surface area contributed by atoms with Gasteiger partial charge in [-0.05, 0) is 48.9 Å². The Bertz CT molecular complexity index is 919. The van der Waals surface area contributed by atoms with E-state index in [4.69, 9.17) is 4.74 Å². The summed E-state index contributed by atoms with van der Waals surface area (Å²) in [5, 5.41) is 5.74. The van der Waals surface area contributed by atoms with Crippen LogP contribution in [0, 0.1) is 11.6 Å². The van der Waals surface area contributed by atoms with Gasteiger partial charge in [-0.3, -0.25) is 9.59 Å². The van der Waals surface area contributed by atoms with Gasteiger partial charge in [0.25, 0.3) is 0 Å². The summed E-state index contributed by atoms with van der Waals surface area (Å²) in [4.78, 5) is 24.2. The molecule has 0 aliphatic carbocycles. The third kappa shape index (κ3) is 5.55. The van der Waals surface area contributed by atoms with E-state index in [2.05, 4.69) is 10.6 Å². The molecular formula is C23H26F2N2O3. The first kappa shape index (κ1) is 21.7. The SMILES string of the molecule is COc1ccc(C[C@]2(CCC(=O)NCCc3ccccc3F)CCC(=O)N2)c(F)c1. The molecule has 2 aromatic rings. The third-order valence-electron chi connectivity index (χ3n) is 5.53. The number of carbonyl (C=O) groups is 2. The van der Waals surface area contributed by atoms with Crippen molar-refractivity contribution in [3.05, 3.63) is 65.2 Å². The number of benzene rings is 2. The molecule has 1 saturated heterocycles. The van der Waals surface area contributed by atoms with E-state index in [-0.39, 0.29) is 24.1 Å². The van der Waals surface area contributed by atoms with Gasteiger partial charge in [0.2, 0.25) is 11.8 Å². The van der Waals surface area contributed by atoms with Gasteiger partial charge in [-0.1, -0.05) is 24.3 Å². The minimum atomic E-state index is -0.657. The Morgan fingerprint density at radius 1 is 1.17 bits per heavy atom.